The van der Waals surface area contributed by atoms with Crippen molar-refractivity contribution in [1.29, 1.82) is 0 Å². The van der Waals surface area contributed by atoms with Crippen LogP contribution in [0.3, 0.4) is 0 Å². The summed E-state index contributed by atoms with van der Waals surface area (Å²) in [5, 5.41) is 0. The molecule has 1 aromatic rings. The van der Waals surface area contributed by atoms with Crippen molar-refractivity contribution in [2.45, 2.75) is 70.9 Å². The van der Waals surface area contributed by atoms with E-state index in [9.17, 15) is 0 Å². The smallest absolute Gasteiger partial charge is 0.159 e. The summed E-state index contributed by atoms with van der Waals surface area (Å²) in [4.78, 5) is 0. The van der Waals surface area contributed by atoms with Crippen LogP contribution in [0.15, 0.2) is 30.3 Å². The van der Waals surface area contributed by atoms with Gasteiger partial charge < -0.3 is 9.47 Å². The second-order valence-electron chi connectivity index (χ2n) is 5.68. The quantitative estimate of drug-likeness (QED) is 0.770. The Bertz CT molecular complexity index is 360. The van der Waals surface area contributed by atoms with Gasteiger partial charge in [0.1, 0.15) is 0 Å². The molecule has 1 aromatic carbocycles. The molecule has 19 heavy (non-hydrogen) atoms. The molecule has 1 fully saturated rings. The molecular weight excluding hydrogens is 236 g/mol. The predicted octanol–water partition coefficient (Wildman–Crippen LogP) is 4.63. The highest BCUT2D eigenvalue weighted by atomic mass is 16.7. The number of ether oxygens (including phenoxy) is 2. The maximum Gasteiger partial charge on any atom is 0.159 e. The van der Waals surface area contributed by atoms with Crippen LogP contribution in [-0.2, 0) is 15.1 Å². The highest BCUT2D eigenvalue weighted by molar-refractivity contribution is 5.22. The molecule has 2 heteroatoms. The highest BCUT2D eigenvalue weighted by Gasteiger charge is 2.39. The minimum atomic E-state index is -0.209. The maximum absolute atomic E-state index is 6.25. The number of benzene rings is 1. The first-order valence-corrected chi connectivity index (χ1v) is 7.56. The topological polar surface area (TPSA) is 18.5 Å². The first-order valence-electron chi connectivity index (χ1n) is 7.56. The molecule has 0 amide bonds. The van der Waals surface area contributed by atoms with Gasteiger partial charge in [0.25, 0.3) is 0 Å². The molecule has 2 rings (SSSR count). The Balaban J connectivity index is 2.17. The molecular formula is C17H26O2. The molecule has 3 atom stereocenters. The van der Waals surface area contributed by atoms with E-state index in [4.69, 9.17) is 9.47 Å². The minimum absolute atomic E-state index is 0.0551. The lowest BCUT2D eigenvalue weighted by atomic mass is 9.87. The van der Waals surface area contributed by atoms with Crippen molar-refractivity contribution in [3.05, 3.63) is 35.9 Å². The molecule has 0 unspecified atom stereocenters. The van der Waals surface area contributed by atoms with Crippen molar-refractivity contribution in [3.8, 4) is 0 Å². The van der Waals surface area contributed by atoms with Gasteiger partial charge in [0.2, 0.25) is 0 Å². The Morgan fingerprint density at radius 1 is 1.11 bits per heavy atom. The second-order valence-corrected chi connectivity index (χ2v) is 5.68. The van der Waals surface area contributed by atoms with Crippen molar-refractivity contribution in [3.63, 3.8) is 0 Å². The molecule has 0 saturated carbocycles. The zero-order valence-corrected chi connectivity index (χ0v) is 12.4. The van der Waals surface area contributed by atoms with E-state index in [1.165, 1.54) is 5.56 Å². The molecule has 1 aliphatic heterocycles. The Labute approximate surface area is 117 Å². The second kappa shape index (κ2) is 6.53. The first-order chi connectivity index (χ1) is 9.18. The average Bonchev–Trinajstić information content (AvgIpc) is 2.40. The summed E-state index contributed by atoms with van der Waals surface area (Å²) >= 11 is 0. The summed E-state index contributed by atoms with van der Waals surface area (Å²) in [5.41, 5.74) is 1.06. The van der Waals surface area contributed by atoms with Gasteiger partial charge in [0.15, 0.2) is 6.29 Å². The summed E-state index contributed by atoms with van der Waals surface area (Å²) in [5.74, 6) is 0. The lowest BCUT2D eigenvalue weighted by Gasteiger charge is -2.43. The van der Waals surface area contributed by atoms with Crippen molar-refractivity contribution >= 4 is 0 Å². The van der Waals surface area contributed by atoms with E-state index in [-0.39, 0.29) is 11.9 Å². The standard InChI is InChI=1S/C17H26O2/c1-4-9-15-13-17(3,14-11-7-6-8-12-14)19-16(18-15)10-5-2/h6-8,11-12,15-16H,4-5,9-10,13H2,1-3H3/t15-,16-,17+/m1/s1. The third-order valence-electron chi connectivity index (χ3n) is 3.87. The number of rotatable bonds is 5. The fourth-order valence-electron chi connectivity index (χ4n) is 2.89. The summed E-state index contributed by atoms with van der Waals surface area (Å²) < 4.78 is 12.3. The summed E-state index contributed by atoms with van der Waals surface area (Å²) in [6.07, 6.45) is 5.56. The molecule has 2 nitrogen and oxygen atoms in total. The molecule has 106 valence electrons. The molecule has 0 radical (unpaired) electrons. The van der Waals surface area contributed by atoms with Gasteiger partial charge in [-0.3, -0.25) is 0 Å². The zero-order valence-electron chi connectivity index (χ0n) is 12.4. The van der Waals surface area contributed by atoms with Crippen LogP contribution >= 0.6 is 0 Å². The SMILES string of the molecule is CCC[C@@H]1C[C@@](C)(c2ccccc2)O[C@H](CCC)O1. The summed E-state index contributed by atoms with van der Waals surface area (Å²) in [6.45, 7) is 6.60. The molecule has 0 bridgehead atoms. The maximum atomic E-state index is 6.25. The van der Waals surface area contributed by atoms with Crippen LogP contribution in [0.1, 0.15) is 58.4 Å². The highest BCUT2D eigenvalue weighted by Crippen LogP contribution is 2.39. The third kappa shape index (κ3) is 3.58. The third-order valence-corrected chi connectivity index (χ3v) is 3.87. The normalized spacial score (nSPS) is 31.3. The van der Waals surface area contributed by atoms with E-state index in [0.717, 1.165) is 32.1 Å². The van der Waals surface area contributed by atoms with Crippen LogP contribution in [-0.4, -0.2) is 12.4 Å². The van der Waals surface area contributed by atoms with Gasteiger partial charge in [0.05, 0.1) is 11.7 Å². The van der Waals surface area contributed by atoms with E-state index in [2.05, 4.69) is 51.1 Å². The van der Waals surface area contributed by atoms with Crippen LogP contribution in [0.4, 0.5) is 0 Å². The van der Waals surface area contributed by atoms with Crippen molar-refractivity contribution < 1.29 is 9.47 Å². The van der Waals surface area contributed by atoms with Crippen LogP contribution < -0.4 is 0 Å². The molecule has 0 spiro atoms. The van der Waals surface area contributed by atoms with Gasteiger partial charge in [-0.15, -0.1) is 0 Å². The van der Waals surface area contributed by atoms with Gasteiger partial charge in [-0.1, -0.05) is 57.0 Å². The molecule has 1 saturated heterocycles. The molecule has 0 N–H and O–H groups in total. The lowest BCUT2D eigenvalue weighted by Crippen LogP contribution is -2.44. The zero-order chi connectivity index (χ0) is 13.7. The fraction of sp³-hybridized carbons (Fsp3) is 0.647. The monoisotopic (exact) mass is 262 g/mol. The predicted molar refractivity (Wildman–Crippen MR) is 78.0 cm³/mol. The lowest BCUT2D eigenvalue weighted by molar-refractivity contribution is -0.285. The molecule has 0 aliphatic carbocycles. The van der Waals surface area contributed by atoms with E-state index >= 15 is 0 Å². The first kappa shape index (κ1) is 14.5. The van der Waals surface area contributed by atoms with Crippen LogP contribution in [0, 0.1) is 0 Å². The minimum Gasteiger partial charge on any atom is -0.349 e. The Morgan fingerprint density at radius 2 is 1.79 bits per heavy atom. The van der Waals surface area contributed by atoms with Gasteiger partial charge in [-0.25, -0.2) is 0 Å². The van der Waals surface area contributed by atoms with Crippen molar-refractivity contribution in [2.24, 2.45) is 0 Å². The summed E-state index contributed by atoms with van der Waals surface area (Å²) in [6, 6.07) is 10.6. The Morgan fingerprint density at radius 3 is 2.42 bits per heavy atom. The van der Waals surface area contributed by atoms with Crippen LogP contribution in [0.2, 0.25) is 0 Å². The number of hydrogen-bond donors (Lipinski definition) is 0. The molecule has 1 heterocycles. The molecule has 0 aromatic heterocycles. The van der Waals surface area contributed by atoms with Crippen molar-refractivity contribution in [2.75, 3.05) is 0 Å². The Kier molecular flexibility index (Phi) is 5.00. The van der Waals surface area contributed by atoms with Gasteiger partial charge in [-0.2, -0.15) is 0 Å². The van der Waals surface area contributed by atoms with Gasteiger partial charge in [0, 0.05) is 6.42 Å². The van der Waals surface area contributed by atoms with E-state index in [1.807, 2.05) is 0 Å². The average molecular weight is 262 g/mol. The van der Waals surface area contributed by atoms with Crippen LogP contribution in [0.25, 0.3) is 0 Å². The van der Waals surface area contributed by atoms with Gasteiger partial charge in [-0.05, 0) is 25.3 Å². The Hall–Kier alpha value is -0.860. The van der Waals surface area contributed by atoms with E-state index < -0.39 is 0 Å². The molecule has 1 aliphatic rings. The van der Waals surface area contributed by atoms with Gasteiger partial charge >= 0.3 is 0 Å². The largest absolute Gasteiger partial charge is 0.349 e. The van der Waals surface area contributed by atoms with E-state index in [1.54, 1.807) is 0 Å². The fourth-order valence-corrected chi connectivity index (χ4v) is 2.89. The van der Waals surface area contributed by atoms with Crippen LogP contribution in [0.5, 0.6) is 0 Å². The summed E-state index contributed by atoms with van der Waals surface area (Å²) in [7, 11) is 0. The van der Waals surface area contributed by atoms with Crippen molar-refractivity contribution in [1.82, 2.24) is 0 Å². The number of hydrogen-bond acceptors (Lipinski definition) is 2. The van der Waals surface area contributed by atoms with E-state index in [0.29, 0.717) is 6.10 Å².